The lowest BCUT2D eigenvalue weighted by atomic mass is 9.91. The van der Waals surface area contributed by atoms with Gasteiger partial charge in [-0.15, -0.1) is 5.10 Å². The van der Waals surface area contributed by atoms with Crippen LogP contribution in [0, 0.1) is 0 Å². The van der Waals surface area contributed by atoms with Crippen molar-refractivity contribution in [3.63, 3.8) is 0 Å². The van der Waals surface area contributed by atoms with Gasteiger partial charge in [0.05, 0.1) is 37.7 Å². The predicted molar refractivity (Wildman–Crippen MR) is 131 cm³/mol. The molecular weight excluding hydrogens is 464 g/mol. The smallest absolute Gasteiger partial charge is 0.252 e. The zero-order chi connectivity index (χ0) is 25.1. The van der Waals surface area contributed by atoms with Crippen LogP contribution in [0.3, 0.4) is 0 Å². The maximum absolute atomic E-state index is 13.6. The molecule has 1 unspecified atom stereocenters. The van der Waals surface area contributed by atoms with Crippen molar-refractivity contribution in [2.75, 3.05) is 39.2 Å². The summed E-state index contributed by atoms with van der Waals surface area (Å²) in [5.41, 5.74) is 6.61. The fourth-order valence-electron chi connectivity index (χ4n) is 4.01. The van der Waals surface area contributed by atoms with E-state index in [1.54, 1.807) is 43.3 Å². The molecule has 4 aromatic heterocycles. The van der Waals surface area contributed by atoms with Crippen molar-refractivity contribution in [2.24, 2.45) is 0 Å². The van der Waals surface area contributed by atoms with Gasteiger partial charge in [-0.25, -0.2) is 9.67 Å². The first-order valence-electron chi connectivity index (χ1n) is 11.4. The van der Waals surface area contributed by atoms with E-state index in [2.05, 4.69) is 25.5 Å². The first-order chi connectivity index (χ1) is 17.5. The van der Waals surface area contributed by atoms with E-state index < -0.39 is 5.54 Å². The summed E-state index contributed by atoms with van der Waals surface area (Å²) in [6.07, 6.45) is 3.16. The van der Waals surface area contributed by atoms with Gasteiger partial charge in [-0.05, 0) is 24.6 Å². The van der Waals surface area contributed by atoms with Crippen LogP contribution >= 0.6 is 0 Å². The van der Waals surface area contributed by atoms with Crippen LogP contribution in [0.15, 0.2) is 59.3 Å². The predicted octanol–water partition coefficient (Wildman–Crippen LogP) is 1.86. The second-order valence-corrected chi connectivity index (χ2v) is 8.21. The molecule has 0 aliphatic rings. The standard InChI is InChI=1S/C24H26N8O4/c1-24(16-7-4-3-5-8-16,22(33)26-10-12-35-14-13-34-2)32-21-17(15-27-32)20-28-19(18-9-6-11-36-18)30-31(20)23(25)29-21/h3-9,11,15H,10,12-14H2,1-2H3,(H2,25,29)(H,26,33). The van der Waals surface area contributed by atoms with Gasteiger partial charge in [-0.2, -0.15) is 14.6 Å². The highest BCUT2D eigenvalue weighted by Crippen LogP contribution is 2.31. The number of nitrogens with two attached hydrogens (primary N) is 1. The molecule has 0 saturated carbocycles. The number of anilines is 1. The highest BCUT2D eigenvalue weighted by atomic mass is 16.5. The van der Waals surface area contributed by atoms with E-state index in [4.69, 9.17) is 19.6 Å². The molecule has 186 valence electrons. The molecular formula is C24H26N8O4. The third-order valence-corrected chi connectivity index (χ3v) is 5.94. The van der Waals surface area contributed by atoms with Crippen LogP contribution in [0.1, 0.15) is 12.5 Å². The van der Waals surface area contributed by atoms with Crippen LogP contribution in [0.4, 0.5) is 5.95 Å². The normalized spacial score (nSPS) is 13.3. The second-order valence-electron chi connectivity index (χ2n) is 8.21. The number of methoxy groups -OCH3 is 1. The summed E-state index contributed by atoms with van der Waals surface area (Å²) in [6, 6.07) is 12.9. The number of rotatable bonds is 10. The number of hydrogen-bond donors (Lipinski definition) is 2. The Morgan fingerprint density at radius 1 is 1.11 bits per heavy atom. The SMILES string of the molecule is COCCOCCNC(=O)C(C)(c1ccccc1)n1ncc2c1nc(N)n1nc(-c3ccco3)nc21. The van der Waals surface area contributed by atoms with Crippen LogP contribution in [0.2, 0.25) is 0 Å². The van der Waals surface area contributed by atoms with Crippen LogP contribution in [-0.4, -0.2) is 68.7 Å². The van der Waals surface area contributed by atoms with E-state index in [1.165, 1.54) is 4.52 Å². The molecule has 0 radical (unpaired) electrons. The van der Waals surface area contributed by atoms with Crippen LogP contribution in [-0.2, 0) is 19.8 Å². The molecule has 0 aliphatic carbocycles. The highest BCUT2D eigenvalue weighted by Gasteiger charge is 2.40. The fraction of sp³-hybridized carbons (Fsp3) is 0.292. The second kappa shape index (κ2) is 9.76. The van der Waals surface area contributed by atoms with Gasteiger partial charge in [0.15, 0.2) is 22.6 Å². The minimum absolute atomic E-state index is 0.104. The number of ether oxygens (including phenoxy) is 2. The average molecular weight is 491 g/mol. The molecule has 5 rings (SSSR count). The van der Waals surface area contributed by atoms with Crippen molar-refractivity contribution in [2.45, 2.75) is 12.5 Å². The van der Waals surface area contributed by atoms with Crippen LogP contribution < -0.4 is 11.1 Å². The first-order valence-corrected chi connectivity index (χ1v) is 11.4. The number of benzene rings is 1. The van der Waals surface area contributed by atoms with Gasteiger partial charge in [0.2, 0.25) is 11.8 Å². The Hall–Kier alpha value is -4.29. The van der Waals surface area contributed by atoms with Gasteiger partial charge in [0, 0.05) is 13.7 Å². The van der Waals surface area contributed by atoms with Gasteiger partial charge < -0.3 is 24.9 Å². The molecule has 0 aliphatic heterocycles. The van der Waals surface area contributed by atoms with Crippen molar-refractivity contribution in [1.29, 1.82) is 0 Å². The number of aromatic nitrogens is 6. The molecule has 0 fully saturated rings. The van der Waals surface area contributed by atoms with E-state index in [1.807, 2.05) is 30.3 Å². The molecule has 1 amide bonds. The third kappa shape index (κ3) is 4.06. The number of carbonyl (C=O) groups is 1. The summed E-state index contributed by atoms with van der Waals surface area (Å²) in [6.45, 7) is 3.39. The first kappa shape index (κ1) is 23.5. The zero-order valence-corrected chi connectivity index (χ0v) is 19.9. The van der Waals surface area contributed by atoms with Crippen molar-refractivity contribution in [1.82, 2.24) is 34.7 Å². The fourth-order valence-corrected chi connectivity index (χ4v) is 4.01. The molecule has 1 atom stereocenters. The van der Waals surface area contributed by atoms with E-state index in [9.17, 15) is 4.79 Å². The third-order valence-electron chi connectivity index (χ3n) is 5.94. The van der Waals surface area contributed by atoms with Crippen molar-refractivity contribution in [3.8, 4) is 11.6 Å². The number of hydrogen-bond acceptors (Lipinski definition) is 9. The number of nitrogen functional groups attached to an aromatic ring is 1. The Morgan fingerprint density at radius 3 is 2.69 bits per heavy atom. The molecule has 12 heteroatoms. The van der Waals surface area contributed by atoms with E-state index in [0.717, 1.165) is 5.56 Å². The molecule has 1 aromatic carbocycles. The molecule has 0 spiro atoms. The van der Waals surface area contributed by atoms with Gasteiger partial charge >= 0.3 is 0 Å². The lowest BCUT2D eigenvalue weighted by Gasteiger charge is -2.29. The topological polar surface area (TPSA) is 148 Å². The highest BCUT2D eigenvalue weighted by molar-refractivity contribution is 5.94. The lowest BCUT2D eigenvalue weighted by molar-refractivity contribution is -0.127. The molecule has 0 bridgehead atoms. The number of nitrogens with zero attached hydrogens (tertiary/aromatic N) is 6. The van der Waals surface area contributed by atoms with Crippen molar-refractivity contribution >= 4 is 28.5 Å². The Labute approximate surface area is 206 Å². The van der Waals surface area contributed by atoms with Gasteiger partial charge in [-0.3, -0.25) is 4.79 Å². The number of furan rings is 1. The van der Waals surface area contributed by atoms with E-state index >= 15 is 0 Å². The Bertz CT molecular complexity index is 1480. The number of fused-ring (bicyclic) bond motifs is 3. The molecule has 36 heavy (non-hydrogen) atoms. The number of nitrogens with one attached hydrogen (secondary N) is 1. The van der Waals surface area contributed by atoms with Gasteiger partial charge in [0.25, 0.3) is 5.91 Å². The van der Waals surface area contributed by atoms with Gasteiger partial charge in [-0.1, -0.05) is 30.3 Å². The molecule has 4 heterocycles. The molecule has 0 saturated heterocycles. The van der Waals surface area contributed by atoms with Crippen molar-refractivity contribution in [3.05, 3.63) is 60.5 Å². The lowest BCUT2D eigenvalue weighted by Crippen LogP contribution is -2.49. The summed E-state index contributed by atoms with van der Waals surface area (Å²) >= 11 is 0. The summed E-state index contributed by atoms with van der Waals surface area (Å²) in [4.78, 5) is 22.8. The molecule has 5 aromatic rings. The molecule has 3 N–H and O–H groups in total. The summed E-state index contributed by atoms with van der Waals surface area (Å²) in [7, 11) is 1.61. The zero-order valence-electron chi connectivity index (χ0n) is 19.9. The summed E-state index contributed by atoms with van der Waals surface area (Å²) in [5.74, 6) is 0.699. The minimum Gasteiger partial charge on any atom is -0.461 e. The largest absolute Gasteiger partial charge is 0.461 e. The van der Waals surface area contributed by atoms with Crippen molar-refractivity contribution < 1.29 is 18.7 Å². The Morgan fingerprint density at radius 2 is 1.94 bits per heavy atom. The maximum Gasteiger partial charge on any atom is 0.252 e. The van der Waals surface area contributed by atoms with E-state index in [0.29, 0.717) is 54.6 Å². The maximum atomic E-state index is 13.6. The number of carbonyl (C=O) groups excluding carboxylic acids is 1. The Balaban J connectivity index is 1.56. The van der Waals surface area contributed by atoms with Crippen LogP contribution in [0.25, 0.3) is 28.3 Å². The minimum atomic E-state index is -1.24. The monoisotopic (exact) mass is 490 g/mol. The number of amides is 1. The van der Waals surface area contributed by atoms with Crippen LogP contribution in [0.5, 0.6) is 0 Å². The van der Waals surface area contributed by atoms with E-state index in [-0.39, 0.29) is 11.9 Å². The quantitative estimate of drug-likeness (QED) is 0.280. The van der Waals surface area contributed by atoms with Gasteiger partial charge in [0.1, 0.15) is 0 Å². The summed E-state index contributed by atoms with van der Waals surface area (Å²) in [5, 5.41) is 12.6. The summed E-state index contributed by atoms with van der Waals surface area (Å²) < 4.78 is 18.9. The Kier molecular flexibility index (Phi) is 6.36. The average Bonchev–Trinajstić information content (AvgIpc) is 3.65. The molecule has 12 nitrogen and oxygen atoms in total.